The van der Waals surface area contributed by atoms with Crippen molar-refractivity contribution >= 4 is 0 Å². The molecule has 0 saturated heterocycles. The van der Waals surface area contributed by atoms with E-state index in [2.05, 4.69) is 67.2 Å². The number of nitrogens with zero attached hydrogens (tertiary/aromatic N) is 1. The molecule has 244 valence electrons. The molecule has 0 spiro atoms. The van der Waals surface area contributed by atoms with Gasteiger partial charge in [-0.15, -0.1) is 0 Å². The van der Waals surface area contributed by atoms with Gasteiger partial charge >= 0.3 is 0 Å². The van der Waals surface area contributed by atoms with Crippen molar-refractivity contribution in [3.8, 4) is 0 Å². The molecule has 2 aromatic rings. The number of unbranched alkanes of at least 4 members (excludes halogenated alkanes) is 22. The summed E-state index contributed by atoms with van der Waals surface area (Å²) in [4.78, 5) is 0. The largest absolute Gasteiger partial charge is 0.205 e. The molecule has 0 amide bonds. The highest BCUT2D eigenvalue weighted by atomic mass is 14.9. The van der Waals surface area contributed by atoms with Crippen LogP contribution in [0.1, 0.15) is 191 Å². The van der Waals surface area contributed by atoms with Crippen LogP contribution in [-0.2, 0) is 25.8 Å². The summed E-state index contributed by atoms with van der Waals surface area (Å²) in [6.07, 6.45) is 44.1. The Labute approximate surface area is 269 Å². The van der Waals surface area contributed by atoms with Crippen LogP contribution in [0.2, 0.25) is 0 Å². The quantitative estimate of drug-likeness (QED) is 0.0629. The van der Waals surface area contributed by atoms with Crippen molar-refractivity contribution in [3.63, 3.8) is 0 Å². The molecule has 0 aliphatic heterocycles. The molecule has 0 N–H and O–H groups in total. The van der Waals surface area contributed by atoms with Crippen molar-refractivity contribution in [2.75, 3.05) is 0 Å². The maximum atomic E-state index is 2.55. The second kappa shape index (κ2) is 27.9. The minimum atomic E-state index is 1.13. The Kier molecular flexibility index (Phi) is 24.4. The zero-order valence-corrected chi connectivity index (χ0v) is 29.1. The van der Waals surface area contributed by atoms with E-state index in [9.17, 15) is 0 Å². The Balaban J connectivity index is 1.66. The fraction of sp³-hybridized carbons (Fsp3) is 0.738. The van der Waals surface area contributed by atoms with Crippen LogP contribution in [0.4, 0.5) is 0 Å². The summed E-state index contributed by atoms with van der Waals surface area (Å²) >= 11 is 0. The molecule has 0 atom stereocenters. The van der Waals surface area contributed by atoms with Gasteiger partial charge in [0, 0.05) is 17.5 Å². The van der Waals surface area contributed by atoms with Gasteiger partial charge in [0.05, 0.1) is 0 Å². The smallest absolute Gasteiger partial charge is 0.171 e. The SMILES string of the molecule is CCCCCCCCCCCCCCc1cc(CCCCCCCCCCCCCC)c[n+](CCCc2ccccc2)c1. The van der Waals surface area contributed by atoms with Crippen LogP contribution in [0.25, 0.3) is 0 Å². The molecule has 0 fully saturated rings. The normalized spacial score (nSPS) is 11.4. The number of hydrogen-bond donors (Lipinski definition) is 0. The maximum Gasteiger partial charge on any atom is 0.171 e. The van der Waals surface area contributed by atoms with Gasteiger partial charge in [-0.25, -0.2) is 4.57 Å². The third-order valence-electron chi connectivity index (χ3n) is 9.40. The van der Waals surface area contributed by atoms with Crippen molar-refractivity contribution in [3.05, 3.63) is 65.5 Å². The summed E-state index contributed by atoms with van der Waals surface area (Å²) in [5.74, 6) is 0. The second-order valence-electron chi connectivity index (χ2n) is 13.7. The number of hydrogen-bond acceptors (Lipinski definition) is 0. The van der Waals surface area contributed by atoms with Crippen LogP contribution in [-0.4, -0.2) is 0 Å². The van der Waals surface area contributed by atoms with E-state index in [0.717, 1.165) is 6.54 Å². The molecule has 0 radical (unpaired) electrons. The van der Waals surface area contributed by atoms with Crippen LogP contribution in [0, 0.1) is 0 Å². The Bertz CT molecular complexity index is 810. The Morgan fingerprint density at radius 2 is 0.721 bits per heavy atom. The number of rotatable bonds is 30. The van der Waals surface area contributed by atoms with Gasteiger partial charge in [0.25, 0.3) is 0 Å². The highest BCUT2D eigenvalue weighted by Gasteiger charge is 2.09. The molecule has 43 heavy (non-hydrogen) atoms. The standard InChI is InChI=1S/C42H72N/c1-3-5-7-9-11-13-15-17-19-21-23-26-33-41-37-42(34-27-24-22-20-18-16-14-12-10-8-6-4-2)39-43(38-41)36-30-35-40-31-28-25-29-32-40/h25,28-29,31-32,37-39H,3-24,26-27,30,33-36H2,1-2H3/q+1. The van der Waals surface area contributed by atoms with Gasteiger partial charge < -0.3 is 0 Å². The third-order valence-corrected chi connectivity index (χ3v) is 9.40. The first-order valence-electron chi connectivity index (χ1n) is 19.4. The summed E-state index contributed by atoms with van der Waals surface area (Å²) in [6, 6.07) is 13.6. The van der Waals surface area contributed by atoms with E-state index in [1.807, 2.05) is 0 Å². The first-order valence-corrected chi connectivity index (χ1v) is 19.4. The summed E-state index contributed by atoms with van der Waals surface area (Å²) in [5, 5.41) is 0. The van der Waals surface area contributed by atoms with E-state index in [0.29, 0.717) is 0 Å². The molecule has 1 heteroatoms. The predicted octanol–water partition coefficient (Wildman–Crippen LogP) is 13.1. The number of aryl methyl sites for hydroxylation is 4. The fourth-order valence-corrected chi connectivity index (χ4v) is 6.63. The van der Waals surface area contributed by atoms with Gasteiger partial charge in [-0.3, -0.25) is 0 Å². The molecular formula is C42H72N+. The van der Waals surface area contributed by atoms with E-state index < -0.39 is 0 Å². The molecule has 1 aromatic carbocycles. The highest BCUT2D eigenvalue weighted by Crippen LogP contribution is 2.16. The Morgan fingerprint density at radius 1 is 0.372 bits per heavy atom. The number of aromatic nitrogens is 1. The molecule has 0 aliphatic carbocycles. The van der Waals surface area contributed by atoms with E-state index in [1.54, 1.807) is 11.1 Å². The lowest BCUT2D eigenvalue weighted by atomic mass is 10.0. The van der Waals surface area contributed by atoms with Crippen LogP contribution >= 0.6 is 0 Å². The molecule has 0 saturated carbocycles. The predicted molar refractivity (Wildman–Crippen MR) is 191 cm³/mol. The van der Waals surface area contributed by atoms with Crippen molar-refractivity contribution in [2.45, 2.75) is 200 Å². The maximum absolute atomic E-state index is 2.55. The minimum absolute atomic E-state index is 1.13. The Morgan fingerprint density at radius 3 is 1.12 bits per heavy atom. The average Bonchev–Trinajstić information content (AvgIpc) is 3.02. The van der Waals surface area contributed by atoms with Crippen molar-refractivity contribution in [1.29, 1.82) is 0 Å². The second-order valence-corrected chi connectivity index (χ2v) is 13.7. The van der Waals surface area contributed by atoms with Crippen molar-refractivity contribution < 1.29 is 4.57 Å². The molecule has 0 bridgehead atoms. The van der Waals surface area contributed by atoms with Gasteiger partial charge in [0.1, 0.15) is 6.54 Å². The lowest BCUT2D eigenvalue weighted by Gasteiger charge is -2.07. The van der Waals surface area contributed by atoms with Crippen molar-refractivity contribution in [1.82, 2.24) is 0 Å². The van der Waals surface area contributed by atoms with Crippen LogP contribution in [0.15, 0.2) is 48.8 Å². The van der Waals surface area contributed by atoms with Gasteiger partial charge in [-0.2, -0.15) is 0 Å². The molecule has 1 nitrogen and oxygen atoms in total. The molecule has 1 aromatic heterocycles. The Hall–Kier alpha value is -1.63. The molecule has 1 heterocycles. The average molecular weight is 591 g/mol. The third kappa shape index (κ3) is 21.7. The summed E-state index contributed by atoms with van der Waals surface area (Å²) in [7, 11) is 0. The van der Waals surface area contributed by atoms with E-state index in [-0.39, 0.29) is 0 Å². The van der Waals surface area contributed by atoms with Gasteiger partial charge in [-0.05, 0) is 43.7 Å². The zero-order chi connectivity index (χ0) is 30.5. The first-order chi connectivity index (χ1) is 21.3. The van der Waals surface area contributed by atoms with E-state index in [1.165, 1.54) is 185 Å². The monoisotopic (exact) mass is 591 g/mol. The highest BCUT2D eigenvalue weighted by molar-refractivity contribution is 5.16. The molecule has 2 rings (SSSR count). The van der Waals surface area contributed by atoms with Crippen molar-refractivity contribution in [2.24, 2.45) is 0 Å². The molecular weight excluding hydrogens is 518 g/mol. The molecule has 0 aliphatic rings. The van der Waals surface area contributed by atoms with Crippen LogP contribution in [0.3, 0.4) is 0 Å². The van der Waals surface area contributed by atoms with E-state index >= 15 is 0 Å². The lowest BCUT2D eigenvalue weighted by molar-refractivity contribution is -0.698. The topological polar surface area (TPSA) is 3.88 Å². The lowest BCUT2D eigenvalue weighted by Crippen LogP contribution is -2.34. The van der Waals surface area contributed by atoms with Gasteiger partial charge in [0.2, 0.25) is 0 Å². The zero-order valence-electron chi connectivity index (χ0n) is 29.1. The van der Waals surface area contributed by atoms with E-state index in [4.69, 9.17) is 0 Å². The number of benzene rings is 1. The number of pyridine rings is 1. The van der Waals surface area contributed by atoms with Gasteiger partial charge in [-0.1, -0.05) is 185 Å². The summed E-state index contributed by atoms with van der Waals surface area (Å²) in [6.45, 7) is 5.75. The summed E-state index contributed by atoms with van der Waals surface area (Å²) in [5.41, 5.74) is 4.61. The summed E-state index contributed by atoms with van der Waals surface area (Å²) < 4.78 is 2.52. The van der Waals surface area contributed by atoms with Gasteiger partial charge in [0.15, 0.2) is 12.4 Å². The van der Waals surface area contributed by atoms with Crippen LogP contribution in [0.5, 0.6) is 0 Å². The fourth-order valence-electron chi connectivity index (χ4n) is 6.63. The molecule has 0 unspecified atom stereocenters. The first kappa shape index (κ1) is 37.6. The van der Waals surface area contributed by atoms with Crippen LogP contribution < -0.4 is 4.57 Å². The minimum Gasteiger partial charge on any atom is -0.205 e.